The van der Waals surface area contributed by atoms with E-state index in [2.05, 4.69) is 34.5 Å². The molecule has 1 N–H and O–H groups in total. The maximum absolute atomic E-state index is 13.2. The Morgan fingerprint density at radius 1 is 1.23 bits per heavy atom. The lowest BCUT2D eigenvalue weighted by Crippen LogP contribution is -2.32. The topological polar surface area (TPSA) is 67.5 Å². The van der Waals surface area contributed by atoms with Gasteiger partial charge in [0.1, 0.15) is 0 Å². The first kappa shape index (κ1) is 21.3. The van der Waals surface area contributed by atoms with Gasteiger partial charge in [0.2, 0.25) is 0 Å². The molecule has 162 valence electrons. The molecule has 0 radical (unpaired) electrons. The molecule has 7 nitrogen and oxygen atoms in total. The van der Waals surface area contributed by atoms with Crippen molar-refractivity contribution in [1.29, 1.82) is 0 Å². The van der Waals surface area contributed by atoms with Gasteiger partial charge in [0.05, 0.1) is 5.69 Å². The summed E-state index contributed by atoms with van der Waals surface area (Å²) in [6.45, 7) is 4.26. The number of imidazole rings is 1. The summed E-state index contributed by atoms with van der Waals surface area (Å²) < 4.78 is 3.96. The van der Waals surface area contributed by atoms with E-state index >= 15 is 0 Å². The zero-order valence-electron chi connectivity index (χ0n) is 17.9. The van der Waals surface area contributed by atoms with E-state index in [0.29, 0.717) is 18.8 Å². The molecule has 0 aliphatic heterocycles. The van der Waals surface area contributed by atoms with Crippen molar-refractivity contribution in [3.63, 3.8) is 0 Å². The molecule has 0 aliphatic rings. The summed E-state index contributed by atoms with van der Waals surface area (Å²) in [5.74, 6) is -0.0344. The minimum absolute atomic E-state index is 0.0344. The van der Waals surface area contributed by atoms with E-state index in [1.54, 1.807) is 22.4 Å². The van der Waals surface area contributed by atoms with Gasteiger partial charge in [0.15, 0.2) is 10.7 Å². The molecule has 0 aliphatic carbocycles. The van der Waals surface area contributed by atoms with Crippen LogP contribution in [0.5, 0.6) is 0 Å². The average Bonchev–Trinajstić information content (AvgIpc) is 3.53. The minimum atomic E-state index is -0.0344. The lowest BCUT2D eigenvalue weighted by atomic mass is 10.1. The molecule has 1 atom stereocenters. The summed E-state index contributed by atoms with van der Waals surface area (Å²) in [7, 11) is 1.85. The molecule has 1 aromatic carbocycles. The number of nitrogens with one attached hydrogen (secondary N) is 1. The molecule has 3 heterocycles. The van der Waals surface area contributed by atoms with E-state index < -0.39 is 0 Å². The van der Waals surface area contributed by atoms with Crippen molar-refractivity contribution in [2.45, 2.75) is 38.9 Å². The SMILES string of the molecule is C[C@@H](CCn1cccn1)NCc1c(C(=O)N(C)CCc2ccccc2)nc2sccn12. The summed E-state index contributed by atoms with van der Waals surface area (Å²) in [5.41, 5.74) is 2.67. The van der Waals surface area contributed by atoms with E-state index in [1.165, 1.54) is 5.56 Å². The van der Waals surface area contributed by atoms with Crippen LogP contribution in [0.4, 0.5) is 0 Å². The monoisotopic (exact) mass is 436 g/mol. The summed E-state index contributed by atoms with van der Waals surface area (Å²) in [6, 6.07) is 12.5. The second kappa shape index (κ2) is 9.89. The van der Waals surface area contributed by atoms with Gasteiger partial charge in [-0.1, -0.05) is 30.3 Å². The number of amides is 1. The van der Waals surface area contributed by atoms with Crippen LogP contribution in [0.15, 0.2) is 60.4 Å². The van der Waals surface area contributed by atoms with Crippen molar-refractivity contribution in [2.24, 2.45) is 0 Å². The number of hydrogen-bond donors (Lipinski definition) is 1. The quantitative estimate of drug-likeness (QED) is 0.413. The van der Waals surface area contributed by atoms with Gasteiger partial charge in [-0.3, -0.25) is 13.9 Å². The second-order valence-electron chi connectivity index (χ2n) is 7.76. The summed E-state index contributed by atoms with van der Waals surface area (Å²) >= 11 is 1.55. The third-order valence-corrected chi connectivity index (χ3v) is 6.21. The fraction of sp³-hybridized carbons (Fsp3) is 0.348. The number of carbonyl (C=O) groups excluding carboxylic acids is 1. The first-order chi connectivity index (χ1) is 15.1. The molecule has 0 saturated heterocycles. The summed E-state index contributed by atoms with van der Waals surface area (Å²) in [4.78, 5) is 20.5. The van der Waals surface area contributed by atoms with Crippen molar-refractivity contribution < 1.29 is 4.79 Å². The van der Waals surface area contributed by atoms with Gasteiger partial charge in [0.25, 0.3) is 5.91 Å². The molecule has 4 rings (SSSR count). The summed E-state index contributed by atoms with van der Waals surface area (Å²) in [6.07, 6.45) is 7.53. The van der Waals surface area contributed by atoms with E-state index in [4.69, 9.17) is 0 Å². The number of hydrogen-bond acceptors (Lipinski definition) is 5. The Kier molecular flexibility index (Phi) is 6.79. The number of nitrogens with zero attached hydrogens (tertiary/aromatic N) is 5. The third-order valence-electron chi connectivity index (χ3n) is 5.46. The number of thiazole rings is 1. The van der Waals surface area contributed by atoms with Gasteiger partial charge in [-0.2, -0.15) is 5.10 Å². The van der Waals surface area contributed by atoms with Gasteiger partial charge in [-0.05, 0) is 31.4 Å². The highest BCUT2D eigenvalue weighted by Gasteiger charge is 2.22. The lowest BCUT2D eigenvalue weighted by molar-refractivity contribution is 0.0790. The second-order valence-corrected chi connectivity index (χ2v) is 8.64. The van der Waals surface area contributed by atoms with Crippen molar-refractivity contribution >= 4 is 22.2 Å². The number of rotatable bonds is 10. The van der Waals surface area contributed by atoms with Gasteiger partial charge in [-0.25, -0.2) is 4.98 Å². The molecular formula is C23H28N6OS. The summed E-state index contributed by atoms with van der Waals surface area (Å²) in [5, 5.41) is 9.81. The average molecular weight is 437 g/mol. The fourth-order valence-corrected chi connectivity index (χ4v) is 4.26. The molecule has 0 fully saturated rings. The van der Waals surface area contributed by atoms with Crippen molar-refractivity contribution in [1.82, 2.24) is 29.4 Å². The lowest BCUT2D eigenvalue weighted by Gasteiger charge is -2.18. The Bertz CT molecular complexity index is 1100. The van der Waals surface area contributed by atoms with Gasteiger partial charge < -0.3 is 10.2 Å². The van der Waals surface area contributed by atoms with Gasteiger partial charge >= 0.3 is 0 Å². The Labute approximate surface area is 186 Å². The smallest absolute Gasteiger partial charge is 0.274 e. The predicted octanol–water partition coefficient (Wildman–Crippen LogP) is 3.48. The first-order valence-electron chi connectivity index (χ1n) is 10.6. The number of fused-ring (bicyclic) bond motifs is 1. The Morgan fingerprint density at radius 2 is 2.06 bits per heavy atom. The highest BCUT2D eigenvalue weighted by Crippen LogP contribution is 2.19. The number of aryl methyl sites for hydroxylation is 1. The molecule has 1 amide bonds. The van der Waals surface area contributed by atoms with Crippen molar-refractivity contribution in [2.75, 3.05) is 13.6 Å². The third kappa shape index (κ3) is 5.21. The molecule has 0 bridgehead atoms. The zero-order chi connectivity index (χ0) is 21.6. The number of aromatic nitrogens is 4. The maximum atomic E-state index is 13.2. The van der Waals surface area contributed by atoms with Crippen LogP contribution >= 0.6 is 11.3 Å². The van der Waals surface area contributed by atoms with Gasteiger partial charge in [0, 0.05) is 56.7 Å². The number of likely N-dealkylation sites (N-methyl/N-ethyl adjacent to an activating group) is 1. The highest BCUT2D eigenvalue weighted by molar-refractivity contribution is 7.15. The normalized spacial score (nSPS) is 12.3. The molecule has 0 unspecified atom stereocenters. The maximum Gasteiger partial charge on any atom is 0.274 e. The Hall–Kier alpha value is -2.97. The number of benzene rings is 1. The Balaban J connectivity index is 1.41. The van der Waals surface area contributed by atoms with E-state index in [-0.39, 0.29) is 11.9 Å². The van der Waals surface area contributed by atoms with Crippen LogP contribution in [0.2, 0.25) is 0 Å². The largest absolute Gasteiger partial charge is 0.340 e. The Morgan fingerprint density at radius 3 is 2.84 bits per heavy atom. The number of carbonyl (C=O) groups is 1. The van der Waals surface area contributed by atoms with Crippen molar-refractivity contribution in [3.8, 4) is 0 Å². The van der Waals surface area contributed by atoms with E-state index in [0.717, 1.165) is 30.0 Å². The molecule has 0 saturated carbocycles. The predicted molar refractivity (Wildman–Crippen MR) is 123 cm³/mol. The van der Waals surface area contributed by atoms with Crippen LogP contribution in [0.3, 0.4) is 0 Å². The van der Waals surface area contributed by atoms with Crippen LogP contribution in [-0.4, -0.2) is 49.6 Å². The van der Waals surface area contributed by atoms with Gasteiger partial charge in [-0.15, -0.1) is 11.3 Å². The zero-order valence-corrected chi connectivity index (χ0v) is 18.8. The molecule has 31 heavy (non-hydrogen) atoms. The molecule has 3 aromatic heterocycles. The molecule has 4 aromatic rings. The van der Waals surface area contributed by atoms with Crippen LogP contribution in [0.1, 0.15) is 35.1 Å². The van der Waals surface area contributed by atoms with Crippen molar-refractivity contribution in [3.05, 3.63) is 77.3 Å². The van der Waals surface area contributed by atoms with Crippen LogP contribution in [-0.2, 0) is 19.5 Å². The van der Waals surface area contributed by atoms with Crippen LogP contribution < -0.4 is 5.32 Å². The fourth-order valence-electron chi connectivity index (χ4n) is 3.53. The first-order valence-corrected chi connectivity index (χ1v) is 11.4. The highest BCUT2D eigenvalue weighted by atomic mass is 32.1. The molecule has 0 spiro atoms. The minimum Gasteiger partial charge on any atom is -0.340 e. The standard InChI is InChI=1S/C23H28N6OS/c1-18(9-14-28-12-6-11-25-28)24-17-20-21(26-23-29(20)15-16-31-23)22(30)27(2)13-10-19-7-4-3-5-8-19/h3-8,11-12,15-16,18,24H,9-10,13-14,17H2,1-2H3/t18-/m0/s1. The molecule has 8 heteroatoms. The van der Waals surface area contributed by atoms with Crippen LogP contribution in [0, 0.1) is 0 Å². The van der Waals surface area contributed by atoms with E-state index in [9.17, 15) is 4.79 Å². The molecular weight excluding hydrogens is 408 g/mol. The van der Waals surface area contributed by atoms with E-state index in [1.807, 2.05) is 58.2 Å². The van der Waals surface area contributed by atoms with Crippen LogP contribution in [0.25, 0.3) is 4.96 Å².